The molecule has 0 fully saturated rings. The summed E-state index contributed by atoms with van der Waals surface area (Å²) >= 11 is 0. The zero-order chi connectivity index (χ0) is 13.7. The molecule has 19 heavy (non-hydrogen) atoms. The lowest BCUT2D eigenvalue weighted by atomic mass is 10.0. The number of carbonyl (C=O) groups excluding carboxylic acids is 1. The Hall–Kier alpha value is -2.16. The van der Waals surface area contributed by atoms with E-state index < -0.39 is 5.82 Å². The molecule has 0 unspecified atom stereocenters. The summed E-state index contributed by atoms with van der Waals surface area (Å²) in [7, 11) is 0. The number of nitrogens with two attached hydrogens (primary N) is 1. The monoisotopic (exact) mass is 257 g/mol. The molecule has 2 rings (SSSR count). The average Bonchev–Trinajstić information content (AvgIpc) is 2.43. The van der Waals surface area contributed by atoms with Crippen LogP contribution in [0.2, 0.25) is 0 Å². The highest BCUT2D eigenvalue weighted by molar-refractivity contribution is 5.96. The number of hydrogen-bond acceptors (Lipinski definition) is 2. The molecule has 0 aliphatic heterocycles. The largest absolute Gasteiger partial charge is 0.396 e. The number of rotatable bonds is 5. The second-order valence-corrected chi connectivity index (χ2v) is 4.50. The summed E-state index contributed by atoms with van der Waals surface area (Å²) in [4.78, 5) is 11.9. The van der Waals surface area contributed by atoms with Gasteiger partial charge in [0.1, 0.15) is 5.82 Å². The van der Waals surface area contributed by atoms with Gasteiger partial charge in [-0.15, -0.1) is 0 Å². The fraction of sp³-hybridized carbons (Fsp3) is 0.188. The lowest BCUT2D eigenvalue weighted by Gasteiger charge is -2.03. The maximum atomic E-state index is 13.2. The van der Waals surface area contributed by atoms with Crippen LogP contribution in [0.4, 0.5) is 10.1 Å². The summed E-state index contributed by atoms with van der Waals surface area (Å²) < 4.78 is 13.2. The Bertz CT molecular complexity index is 566. The van der Waals surface area contributed by atoms with Gasteiger partial charge in [0.25, 0.3) is 0 Å². The van der Waals surface area contributed by atoms with E-state index in [0.29, 0.717) is 12.0 Å². The number of Topliss-reactive ketones (excluding diaryl/α,β-unsaturated/α-hetero) is 1. The number of carbonyl (C=O) groups is 1. The van der Waals surface area contributed by atoms with Crippen molar-refractivity contribution in [3.8, 4) is 0 Å². The molecule has 0 aliphatic carbocycles. The average molecular weight is 257 g/mol. The second-order valence-electron chi connectivity index (χ2n) is 4.50. The zero-order valence-corrected chi connectivity index (χ0v) is 10.6. The van der Waals surface area contributed by atoms with Gasteiger partial charge < -0.3 is 5.73 Å². The van der Waals surface area contributed by atoms with Gasteiger partial charge >= 0.3 is 0 Å². The molecule has 2 nitrogen and oxygen atoms in total. The van der Waals surface area contributed by atoms with E-state index in [1.54, 1.807) is 6.07 Å². The lowest BCUT2D eigenvalue weighted by Crippen LogP contribution is -2.02. The Morgan fingerprint density at radius 1 is 1.11 bits per heavy atom. The van der Waals surface area contributed by atoms with E-state index in [0.717, 1.165) is 12.8 Å². The van der Waals surface area contributed by atoms with E-state index in [2.05, 4.69) is 0 Å². The molecule has 0 aromatic heterocycles. The standard InChI is InChI=1S/C16H16FNO/c17-14-11-13(9-10-15(14)18)16(19)8-4-7-12-5-2-1-3-6-12/h1-3,5-6,9-11H,4,7-8,18H2. The molecule has 0 radical (unpaired) electrons. The third-order valence-corrected chi connectivity index (χ3v) is 3.03. The van der Waals surface area contributed by atoms with Gasteiger partial charge in [-0.1, -0.05) is 30.3 Å². The minimum atomic E-state index is -0.533. The molecule has 98 valence electrons. The first kappa shape index (κ1) is 13.3. The fourth-order valence-corrected chi connectivity index (χ4v) is 1.94. The van der Waals surface area contributed by atoms with Crippen molar-refractivity contribution in [2.45, 2.75) is 19.3 Å². The van der Waals surface area contributed by atoms with Crippen molar-refractivity contribution in [3.05, 3.63) is 65.5 Å². The molecule has 0 heterocycles. The van der Waals surface area contributed by atoms with Crippen molar-refractivity contribution in [2.24, 2.45) is 0 Å². The van der Waals surface area contributed by atoms with Crippen LogP contribution in [0.3, 0.4) is 0 Å². The van der Waals surface area contributed by atoms with E-state index >= 15 is 0 Å². The second kappa shape index (κ2) is 6.14. The summed E-state index contributed by atoms with van der Waals surface area (Å²) in [5.41, 5.74) is 7.04. The Morgan fingerprint density at radius 3 is 2.53 bits per heavy atom. The maximum absolute atomic E-state index is 13.2. The van der Waals surface area contributed by atoms with Crippen LogP contribution in [0.25, 0.3) is 0 Å². The smallest absolute Gasteiger partial charge is 0.162 e. The van der Waals surface area contributed by atoms with Gasteiger partial charge in [-0.3, -0.25) is 4.79 Å². The Kier molecular flexibility index (Phi) is 4.29. The lowest BCUT2D eigenvalue weighted by molar-refractivity contribution is 0.0980. The summed E-state index contributed by atoms with van der Waals surface area (Å²) in [6.07, 6.45) is 2.02. The van der Waals surface area contributed by atoms with Crippen LogP contribution in [0.1, 0.15) is 28.8 Å². The predicted molar refractivity (Wildman–Crippen MR) is 74.5 cm³/mol. The van der Waals surface area contributed by atoms with E-state index in [1.807, 2.05) is 30.3 Å². The van der Waals surface area contributed by atoms with Gasteiger partial charge in [0.05, 0.1) is 5.69 Å². The van der Waals surface area contributed by atoms with Crippen molar-refractivity contribution >= 4 is 11.5 Å². The highest BCUT2D eigenvalue weighted by Crippen LogP contribution is 2.15. The molecule has 2 aromatic rings. The summed E-state index contributed by atoms with van der Waals surface area (Å²) in [6.45, 7) is 0. The molecule has 3 heteroatoms. The molecule has 0 bridgehead atoms. The molecular formula is C16H16FNO. The van der Waals surface area contributed by atoms with Gasteiger partial charge in [0.15, 0.2) is 5.78 Å². The highest BCUT2D eigenvalue weighted by Gasteiger charge is 2.08. The van der Waals surface area contributed by atoms with E-state index in [9.17, 15) is 9.18 Å². The number of halogens is 1. The van der Waals surface area contributed by atoms with Crippen LogP contribution in [0.15, 0.2) is 48.5 Å². The predicted octanol–water partition coefficient (Wildman–Crippen LogP) is 3.61. The molecule has 0 amide bonds. The molecule has 0 saturated heterocycles. The number of nitrogen functional groups attached to an aromatic ring is 1. The van der Waals surface area contributed by atoms with E-state index in [1.165, 1.54) is 17.7 Å². The van der Waals surface area contributed by atoms with Gasteiger partial charge in [0, 0.05) is 12.0 Å². The number of ketones is 1. The van der Waals surface area contributed by atoms with Crippen LogP contribution in [0, 0.1) is 5.82 Å². The van der Waals surface area contributed by atoms with Gasteiger partial charge in [-0.25, -0.2) is 4.39 Å². The third kappa shape index (κ3) is 3.65. The van der Waals surface area contributed by atoms with Crippen LogP contribution in [-0.2, 0) is 6.42 Å². The number of benzene rings is 2. The van der Waals surface area contributed by atoms with Crippen LogP contribution in [0.5, 0.6) is 0 Å². The maximum Gasteiger partial charge on any atom is 0.162 e. The Balaban J connectivity index is 1.89. The van der Waals surface area contributed by atoms with Crippen LogP contribution < -0.4 is 5.73 Å². The molecule has 0 atom stereocenters. The SMILES string of the molecule is Nc1ccc(C(=O)CCCc2ccccc2)cc1F. The minimum absolute atomic E-state index is 0.0465. The quantitative estimate of drug-likeness (QED) is 0.656. The zero-order valence-electron chi connectivity index (χ0n) is 10.6. The van der Waals surface area contributed by atoms with E-state index in [-0.39, 0.29) is 11.5 Å². The Morgan fingerprint density at radius 2 is 1.84 bits per heavy atom. The first-order valence-electron chi connectivity index (χ1n) is 6.29. The van der Waals surface area contributed by atoms with Crippen molar-refractivity contribution in [3.63, 3.8) is 0 Å². The molecule has 0 saturated carbocycles. The van der Waals surface area contributed by atoms with Crippen LogP contribution in [-0.4, -0.2) is 5.78 Å². The summed E-state index contributed by atoms with van der Waals surface area (Å²) in [5, 5.41) is 0. The summed E-state index contributed by atoms with van der Waals surface area (Å²) in [5.74, 6) is -0.580. The van der Waals surface area contributed by atoms with Crippen molar-refractivity contribution in [2.75, 3.05) is 5.73 Å². The molecule has 2 N–H and O–H groups in total. The van der Waals surface area contributed by atoms with Crippen molar-refractivity contribution in [1.82, 2.24) is 0 Å². The third-order valence-electron chi connectivity index (χ3n) is 3.03. The summed E-state index contributed by atoms with van der Waals surface area (Å²) in [6, 6.07) is 14.2. The molecule has 0 aliphatic rings. The molecule has 2 aromatic carbocycles. The van der Waals surface area contributed by atoms with Gasteiger partial charge in [0.2, 0.25) is 0 Å². The van der Waals surface area contributed by atoms with Crippen molar-refractivity contribution in [1.29, 1.82) is 0 Å². The van der Waals surface area contributed by atoms with E-state index in [4.69, 9.17) is 5.73 Å². The number of aryl methyl sites for hydroxylation is 1. The normalized spacial score (nSPS) is 10.4. The number of anilines is 1. The molecule has 0 spiro atoms. The highest BCUT2D eigenvalue weighted by atomic mass is 19.1. The fourth-order valence-electron chi connectivity index (χ4n) is 1.94. The van der Waals surface area contributed by atoms with Crippen LogP contribution >= 0.6 is 0 Å². The first-order valence-corrected chi connectivity index (χ1v) is 6.29. The minimum Gasteiger partial charge on any atom is -0.396 e. The van der Waals surface area contributed by atoms with Gasteiger partial charge in [-0.05, 0) is 36.6 Å². The first-order chi connectivity index (χ1) is 9.16. The Labute approximate surface area is 112 Å². The van der Waals surface area contributed by atoms with Gasteiger partial charge in [-0.2, -0.15) is 0 Å². The van der Waals surface area contributed by atoms with Crippen molar-refractivity contribution < 1.29 is 9.18 Å². The molecular weight excluding hydrogens is 241 g/mol. The topological polar surface area (TPSA) is 43.1 Å². The number of hydrogen-bond donors (Lipinski definition) is 1.